The third-order valence-corrected chi connectivity index (χ3v) is 8.16. The number of amides is 2. The van der Waals surface area contributed by atoms with Crippen molar-refractivity contribution in [2.75, 3.05) is 39.5 Å². The van der Waals surface area contributed by atoms with Crippen LogP contribution in [0.4, 0.5) is 4.79 Å². The van der Waals surface area contributed by atoms with Crippen molar-refractivity contribution >= 4 is 24.6 Å². The molecule has 0 saturated carbocycles. The molecule has 0 saturated heterocycles. The molecule has 2 amide bonds. The van der Waals surface area contributed by atoms with Crippen molar-refractivity contribution < 1.29 is 22.5 Å². The first-order valence-electron chi connectivity index (χ1n) is 9.76. The topological polar surface area (TPSA) is 78.1 Å². The van der Waals surface area contributed by atoms with Crippen LogP contribution < -0.4 is 10.6 Å². The maximum atomic E-state index is 11.9. The van der Waals surface area contributed by atoms with Crippen molar-refractivity contribution in [2.24, 2.45) is 0 Å². The average molecular weight is 407 g/mol. The molecule has 0 aromatic heterocycles. The Morgan fingerprint density at radius 1 is 0.731 bits per heavy atom. The van der Waals surface area contributed by atoms with E-state index >= 15 is 0 Å². The predicted octanol–water partition coefficient (Wildman–Crippen LogP) is 2.97. The van der Waals surface area contributed by atoms with Gasteiger partial charge in [0.2, 0.25) is 0 Å². The van der Waals surface area contributed by atoms with E-state index in [0.29, 0.717) is 50.6 Å². The van der Waals surface area contributed by atoms with Gasteiger partial charge in [-0.3, -0.25) is 0 Å². The van der Waals surface area contributed by atoms with Gasteiger partial charge in [-0.15, -0.1) is 0 Å². The summed E-state index contributed by atoms with van der Waals surface area (Å²) in [5.74, 6) is 0. The molecular weight excluding hydrogens is 368 g/mol. The van der Waals surface area contributed by atoms with E-state index < -0.39 is 18.6 Å². The lowest BCUT2D eigenvalue weighted by Crippen LogP contribution is -2.39. The summed E-state index contributed by atoms with van der Waals surface area (Å²) in [6.45, 7) is 16.0. The molecule has 0 rings (SSSR count). The monoisotopic (exact) mass is 406 g/mol. The molecule has 0 aliphatic heterocycles. The van der Waals surface area contributed by atoms with E-state index in [2.05, 4.69) is 24.5 Å². The van der Waals surface area contributed by atoms with Crippen LogP contribution in [0.1, 0.15) is 54.4 Å². The van der Waals surface area contributed by atoms with Gasteiger partial charge in [-0.1, -0.05) is 13.8 Å². The number of hydrogen-bond donors (Lipinski definition) is 2. The molecule has 7 nitrogen and oxygen atoms in total. The molecule has 0 aromatic rings. The Hall–Kier alpha value is -0.456. The SMILES string of the molecule is CCO[Si](OCC)C(C)CCNC(=O)NCCC(C)[Si](OCC)OCC. The number of nitrogens with one attached hydrogen (secondary N) is 2. The van der Waals surface area contributed by atoms with E-state index in [9.17, 15) is 4.79 Å². The van der Waals surface area contributed by atoms with Gasteiger partial charge in [0, 0.05) is 50.6 Å². The maximum absolute atomic E-state index is 11.9. The smallest absolute Gasteiger partial charge is 0.387 e. The van der Waals surface area contributed by atoms with Gasteiger partial charge in [0.1, 0.15) is 0 Å². The van der Waals surface area contributed by atoms with Crippen LogP contribution in [0.15, 0.2) is 0 Å². The summed E-state index contributed by atoms with van der Waals surface area (Å²) in [4.78, 5) is 11.9. The number of urea groups is 1. The number of carbonyl (C=O) groups is 1. The normalized spacial score (nSPS) is 13.8. The van der Waals surface area contributed by atoms with E-state index in [-0.39, 0.29) is 6.03 Å². The van der Waals surface area contributed by atoms with Crippen molar-refractivity contribution in [3.05, 3.63) is 0 Å². The Morgan fingerprint density at radius 2 is 1.04 bits per heavy atom. The molecule has 2 radical (unpaired) electrons. The van der Waals surface area contributed by atoms with Crippen LogP contribution in [-0.2, 0) is 17.7 Å². The van der Waals surface area contributed by atoms with Gasteiger partial charge in [0.05, 0.1) is 0 Å². The largest absolute Gasteiger partial charge is 0.393 e. The first kappa shape index (κ1) is 25.5. The van der Waals surface area contributed by atoms with Crippen LogP contribution in [0.2, 0.25) is 11.1 Å². The highest BCUT2D eigenvalue weighted by Crippen LogP contribution is 2.16. The summed E-state index contributed by atoms with van der Waals surface area (Å²) >= 11 is 0. The Morgan fingerprint density at radius 3 is 1.31 bits per heavy atom. The second-order valence-electron chi connectivity index (χ2n) is 5.93. The highest BCUT2D eigenvalue weighted by atomic mass is 28.3. The van der Waals surface area contributed by atoms with Crippen molar-refractivity contribution in [3.63, 3.8) is 0 Å². The summed E-state index contributed by atoms with van der Waals surface area (Å²) < 4.78 is 22.7. The maximum Gasteiger partial charge on any atom is 0.387 e. The van der Waals surface area contributed by atoms with Crippen molar-refractivity contribution in [1.29, 1.82) is 0 Å². The van der Waals surface area contributed by atoms with Gasteiger partial charge in [0.25, 0.3) is 0 Å². The zero-order valence-corrected chi connectivity index (χ0v) is 19.4. The zero-order chi connectivity index (χ0) is 19.8. The van der Waals surface area contributed by atoms with Gasteiger partial charge in [0.15, 0.2) is 0 Å². The molecule has 0 aliphatic carbocycles. The molecule has 0 aromatic carbocycles. The summed E-state index contributed by atoms with van der Waals surface area (Å²) in [7, 11) is -2.53. The van der Waals surface area contributed by atoms with Crippen LogP contribution in [0, 0.1) is 0 Å². The molecular formula is C17H38N2O5Si2. The second-order valence-corrected chi connectivity index (χ2v) is 10.3. The first-order chi connectivity index (χ1) is 12.5. The van der Waals surface area contributed by atoms with E-state index in [0.717, 1.165) is 12.8 Å². The van der Waals surface area contributed by atoms with Gasteiger partial charge in [-0.05, 0) is 40.5 Å². The minimum atomic E-state index is -1.27. The van der Waals surface area contributed by atoms with E-state index in [4.69, 9.17) is 17.7 Å². The fourth-order valence-electron chi connectivity index (χ4n) is 2.32. The molecule has 9 heteroatoms. The van der Waals surface area contributed by atoms with Crippen LogP contribution in [0.5, 0.6) is 0 Å². The summed E-state index contributed by atoms with van der Waals surface area (Å²) in [5, 5.41) is 5.81. The summed E-state index contributed by atoms with van der Waals surface area (Å²) in [5.41, 5.74) is 0.644. The lowest BCUT2D eigenvalue weighted by molar-refractivity contribution is 0.203. The van der Waals surface area contributed by atoms with Gasteiger partial charge in [-0.25, -0.2) is 4.79 Å². The van der Waals surface area contributed by atoms with E-state index in [1.807, 2.05) is 27.7 Å². The molecule has 26 heavy (non-hydrogen) atoms. The third kappa shape index (κ3) is 12.0. The molecule has 0 fully saturated rings. The van der Waals surface area contributed by atoms with Crippen LogP contribution in [0.25, 0.3) is 0 Å². The molecule has 2 atom stereocenters. The first-order valence-corrected chi connectivity index (χ1v) is 12.5. The molecule has 0 aliphatic rings. The highest BCUT2D eigenvalue weighted by molar-refractivity contribution is 6.46. The van der Waals surface area contributed by atoms with Crippen LogP contribution in [-0.4, -0.2) is 64.1 Å². The fraction of sp³-hybridized carbons (Fsp3) is 0.941. The summed E-state index contributed by atoms with van der Waals surface area (Å²) in [6.07, 6.45) is 1.69. The molecule has 154 valence electrons. The minimum absolute atomic E-state index is 0.132. The Labute approximate surface area is 163 Å². The fourth-order valence-corrected chi connectivity index (χ4v) is 5.53. The van der Waals surface area contributed by atoms with Crippen LogP contribution in [0.3, 0.4) is 0 Å². The second kappa shape index (κ2) is 16.7. The third-order valence-electron chi connectivity index (χ3n) is 3.68. The van der Waals surface area contributed by atoms with Gasteiger partial charge < -0.3 is 28.3 Å². The standard InChI is InChI=1S/C17H38N2O5Si2/c1-7-21-25(22-8-2)15(5)11-13-18-17(20)19-14-12-16(6)26(23-9-3)24-10-4/h15-16H,7-14H2,1-6H3,(H2,18,19,20). The lowest BCUT2D eigenvalue weighted by Gasteiger charge is -2.21. The number of rotatable bonds is 16. The quantitative estimate of drug-likeness (QED) is 0.385. The summed E-state index contributed by atoms with van der Waals surface area (Å²) in [6, 6.07) is -0.132. The Kier molecular flexibility index (Phi) is 16.4. The van der Waals surface area contributed by atoms with Gasteiger partial charge in [-0.2, -0.15) is 0 Å². The minimum Gasteiger partial charge on any atom is -0.393 e. The van der Waals surface area contributed by atoms with E-state index in [1.165, 1.54) is 0 Å². The Balaban J connectivity index is 3.97. The number of carbonyl (C=O) groups excluding carboxylic acids is 1. The molecule has 2 N–H and O–H groups in total. The van der Waals surface area contributed by atoms with Gasteiger partial charge >= 0.3 is 24.6 Å². The van der Waals surface area contributed by atoms with Crippen molar-refractivity contribution in [2.45, 2.75) is 65.5 Å². The Bertz CT molecular complexity index is 311. The molecule has 2 unspecified atom stereocenters. The van der Waals surface area contributed by atoms with Crippen LogP contribution >= 0.6 is 0 Å². The lowest BCUT2D eigenvalue weighted by atomic mass is 10.3. The molecule has 0 heterocycles. The average Bonchev–Trinajstić information content (AvgIpc) is 2.61. The van der Waals surface area contributed by atoms with E-state index in [1.54, 1.807) is 0 Å². The number of hydrogen-bond acceptors (Lipinski definition) is 5. The van der Waals surface area contributed by atoms with Crippen molar-refractivity contribution in [1.82, 2.24) is 10.6 Å². The molecule has 0 bridgehead atoms. The zero-order valence-electron chi connectivity index (χ0n) is 17.4. The predicted molar refractivity (Wildman–Crippen MR) is 107 cm³/mol. The molecule has 0 spiro atoms. The van der Waals surface area contributed by atoms with Crippen molar-refractivity contribution in [3.8, 4) is 0 Å². The highest BCUT2D eigenvalue weighted by Gasteiger charge is 2.24.